The number of carbonyl (C=O) groups excluding carboxylic acids is 3. The van der Waals surface area contributed by atoms with Crippen LogP contribution in [0.15, 0.2) is 59.1 Å². The van der Waals surface area contributed by atoms with E-state index in [0.717, 1.165) is 15.6 Å². The fourth-order valence-electron chi connectivity index (χ4n) is 3.12. The van der Waals surface area contributed by atoms with Gasteiger partial charge in [0.05, 0.1) is 7.11 Å². The van der Waals surface area contributed by atoms with Gasteiger partial charge >= 0.3 is 12.1 Å². The zero-order chi connectivity index (χ0) is 23.5. The van der Waals surface area contributed by atoms with E-state index >= 15 is 0 Å². The van der Waals surface area contributed by atoms with E-state index in [-0.39, 0.29) is 18.9 Å². The molecule has 2 atom stereocenters. The summed E-state index contributed by atoms with van der Waals surface area (Å²) in [6.45, 7) is 3.98. The quantitative estimate of drug-likeness (QED) is 0.477. The van der Waals surface area contributed by atoms with E-state index in [2.05, 4.69) is 26.6 Å². The number of methoxy groups -OCH3 is 1. The second kappa shape index (κ2) is 12.9. The maximum Gasteiger partial charge on any atom is 0.408 e. The smallest absolute Gasteiger partial charge is 0.408 e. The third kappa shape index (κ3) is 8.70. The summed E-state index contributed by atoms with van der Waals surface area (Å²) in [5.41, 5.74) is 1.69. The Morgan fingerprint density at radius 3 is 2.25 bits per heavy atom. The van der Waals surface area contributed by atoms with Gasteiger partial charge in [0.25, 0.3) is 0 Å². The third-order valence-corrected chi connectivity index (χ3v) is 5.15. The summed E-state index contributed by atoms with van der Waals surface area (Å²) in [5.74, 6) is -0.907. The molecule has 0 radical (unpaired) electrons. The number of hydrogen-bond acceptors (Lipinski definition) is 5. The van der Waals surface area contributed by atoms with E-state index in [4.69, 9.17) is 9.47 Å². The second-order valence-electron chi connectivity index (χ2n) is 7.81. The van der Waals surface area contributed by atoms with Crippen molar-refractivity contribution in [3.63, 3.8) is 0 Å². The predicted molar refractivity (Wildman–Crippen MR) is 125 cm³/mol. The first-order valence-electron chi connectivity index (χ1n) is 10.4. The number of esters is 1. The molecule has 8 heteroatoms. The Morgan fingerprint density at radius 2 is 1.62 bits per heavy atom. The van der Waals surface area contributed by atoms with E-state index in [1.807, 2.05) is 68.4 Å². The van der Waals surface area contributed by atoms with Crippen LogP contribution in [0.5, 0.6) is 0 Å². The van der Waals surface area contributed by atoms with Crippen molar-refractivity contribution in [2.45, 2.75) is 45.4 Å². The van der Waals surface area contributed by atoms with Gasteiger partial charge in [-0.2, -0.15) is 0 Å². The Hall–Kier alpha value is -2.87. The van der Waals surface area contributed by atoms with Gasteiger partial charge < -0.3 is 20.1 Å². The van der Waals surface area contributed by atoms with Crippen molar-refractivity contribution in [1.29, 1.82) is 0 Å². The standard InChI is InChI=1S/C24H29BrN2O5/c1-16(2)12-20(27-24(30)32-15-17-8-5-4-6-9-17)22(28)26-21(23(29)31-3)14-18-10-7-11-19(25)13-18/h4-11,13,16,20-21H,12,14-15H2,1-3H3,(H,26,28)(H,27,30)/t20-,21-/m0/s1. The van der Waals surface area contributed by atoms with Crippen molar-refractivity contribution in [2.24, 2.45) is 5.92 Å². The monoisotopic (exact) mass is 504 g/mol. The van der Waals surface area contributed by atoms with Crippen LogP contribution in [0.2, 0.25) is 0 Å². The molecule has 2 aromatic rings. The summed E-state index contributed by atoms with van der Waals surface area (Å²) >= 11 is 3.40. The van der Waals surface area contributed by atoms with Crippen molar-refractivity contribution < 1.29 is 23.9 Å². The Kier molecular flexibility index (Phi) is 10.2. The molecule has 172 valence electrons. The first kappa shape index (κ1) is 25.4. The molecule has 0 fully saturated rings. The van der Waals surface area contributed by atoms with Crippen LogP contribution in [-0.4, -0.2) is 37.2 Å². The maximum atomic E-state index is 13.0. The Balaban J connectivity index is 2.04. The van der Waals surface area contributed by atoms with Gasteiger partial charge in [-0.05, 0) is 35.6 Å². The molecule has 2 rings (SSSR count). The van der Waals surface area contributed by atoms with Gasteiger partial charge in [0.2, 0.25) is 5.91 Å². The molecule has 0 saturated heterocycles. The highest BCUT2D eigenvalue weighted by Crippen LogP contribution is 2.14. The molecule has 0 aliphatic rings. The van der Waals surface area contributed by atoms with Gasteiger partial charge in [-0.1, -0.05) is 72.2 Å². The van der Waals surface area contributed by atoms with Gasteiger partial charge in [-0.3, -0.25) is 4.79 Å². The molecule has 0 unspecified atom stereocenters. The molecule has 2 amide bonds. The Labute approximate surface area is 197 Å². The average molecular weight is 505 g/mol. The van der Waals surface area contributed by atoms with Crippen LogP contribution in [0, 0.1) is 5.92 Å². The summed E-state index contributed by atoms with van der Waals surface area (Å²) in [4.78, 5) is 37.6. The van der Waals surface area contributed by atoms with E-state index < -0.39 is 30.1 Å². The van der Waals surface area contributed by atoms with E-state index in [9.17, 15) is 14.4 Å². The van der Waals surface area contributed by atoms with Gasteiger partial charge in [0, 0.05) is 10.9 Å². The largest absolute Gasteiger partial charge is 0.467 e. The van der Waals surface area contributed by atoms with E-state index in [1.54, 1.807) is 0 Å². The number of hydrogen-bond donors (Lipinski definition) is 2. The van der Waals surface area contributed by atoms with Crippen molar-refractivity contribution >= 4 is 33.9 Å². The Morgan fingerprint density at radius 1 is 0.938 bits per heavy atom. The van der Waals surface area contributed by atoms with Gasteiger partial charge in [0.15, 0.2) is 0 Å². The van der Waals surface area contributed by atoms with Crippen LogP contribution < -0.4 is 10.6 Å². The molecule has 0 aliphatic heterocycles. The summed E-state index contributed by atoms with van der Waals surface area (Å²) in [7, 11) is 1.27. The highest BCUT2D eigenvalue weighted by molar-refractivity contribution is 9.10. The van der Waals surface area contributed by atoms with Crippen LogP contribution in [0.4, 0.5) is 4.79 Å². The molecular formula is C24H29BrN2O5. The molecule has 2 aromatic carbocycles. The lowest BCUT2D eigenvalue weighted by atomic mass is 10.0. The molecule has 2 N–H and O–H groups in total. The SMILES string of the molecule is COC(=O)[C@H](Cc1cccc(Br)c1)NC(=O)[C@H](CC(C)C)NC(=O)OCc1ccccc1. The lowest BCUT2D eigenvalue weighted by Crippen LogP contribution is -2.53. The molecule has 32 heavy (non-hydrogen) atoms. The number of amides is 2. The second-order valence-corrected chi connectivity index (χ2v) is 8.72. The fraction of sp³-hybridized carbons (Fsp3) is 0.375. The molecule has 0 bridgehead atoms. The van der Waals surface area contributed by atoms with Crippen LogP contribution in [0.25, 0.3) is 0 Å². The minimum Gasteiger partial charge on any atom is -0.467 e. The van der Waals surface area contributed by atoms with Crippen LogP contribution in [0.3, 0.4) is 0 Å². The highest BCUT2D eigenvalue weighted by Gasteiger charge is 2.28. The zero-order valence-corrected chi connectivity index (χ0v) is 20.1. The predicted octanol–water partition coefficient (Wildman–Crippen LogP) is 3.99. The zero-order valence-electron chi connectivity index (χ0n) is 18.5. The molecule has 0 aliphatic carbocycles. The molecule has 0 aromatic heterocycles. The molecule has 0 heterocycles. The molecule has 0 spiro atoms. The van der Waals surface area contributed by atoms with Crippen molar-refractivity contribution in [1.82, 2.24) is 10.6 Å². The highest BCUT2D eigenvalue weighted by atomic mass is 79.9. The van der Waals surface area contributed by atoms with Crippen LogP contribution in [0.1, 0.15) is 31.4 Å². The number of alkyl carbamates (subject to hydrolysis) is 1. The topological polar surface area (TPSA) is 93.7 Å². The van der Waals surface area contributed by atoms with Crippen LogP contribution >= 0.6 is 15.9 Å². The minimum atomic E-state index is -0.890. The molecular weight excluding hydrogens is 476 g/mol. The number of rotatable bonds is 10. The van der Waals surface area contributed by atoms with Crippen molar-refractivity contribution in [3.05, 3.63) is 70.2 Å². The molecule has 0 saturated carbocycles. The number of halogens is 1. The summed E-state index contributed by atoms with van der Waals surface area (Å²) in [5, 5.41) is 5.34. The maximum absolute atomic E-state index is 13.0. The minimum absolute atomic E-state index is 0.0936. The first-order valence-corrected chi connectivity index (χ1v) is 11.2. The lowest BCUT2D eigenvalue weighted by Gasteiger charge is -2.23. The number of carbonyl (C=O) groups is 3. The number of ether oxygens (including phenoxy) is 2. The normalized spacial score (nSPS) is 12.5. The van der Waals surface area contributed by atoms with Gasteiger partial charge in [-0.25, -0.2) is 9.59 Å². The average Bonchev–Trinajstić information content (AvgIpc) is 2.76. The summed E-state index contributed by atoms with van der Waals surface area (Å²) in [6.07, 6.45) is -0.0573. The molecule has 7 nitrogen and oxygen atoms in total. The van der Waals surface area contributed by atoms with Crippen molar-refractivity contribution in [3.8, 4) is 0 Å². The first-order chi connectivity index (χ1) is 15.3. The number of benzene rings is 2. The lowest BCUT2D eigenvalue weighted by molar-refractivity contribution is -0.145. The van der Waals surface area contributed by atoms with Gasteiger partial charge in [0.1, 0.15) is 18.7 Å². The van der Waals surface area contributed by atoms with Gasteiger partial charge in [-0.15, -0.1) is 0 Å². The van der Waals surface area contributed by atoms with Crippen molar-refractivity contribution in [2.75, 3.05) is 7.11 Å². The third-order valence-electron chi connectivity index (χ3n) is 4.66. The number of nitrogens with one attached hydrogen (secondary N) is 2. The van der Waals surface area contributed by atoms with Crippen LogP contribution in [-0.2, 0) is 32.1 Å². The fourth-order valence-corrected chi connectivity index (χ4v) is 3.56. The Bertz CT molecular complexity index is 904. The summed E-state index contributed by atoms with van der Waals surface area (Å²) in [6, 6.07) is 15.0. The van der Waals surface area contributed by atoms with E-state index in [0.29, 0.717) is 6.42 Å². The van der Waals surface area contributed by atoms with E-state index in [1.165, 1.54) is 7.11 Å². The summed E-state index contributed by atoms with van der Waals surface area (Å²) < 4.78 is 11.0.